The number of aliphatic hydroxyl groups excluding tert-OH is 1. The maximum Gasteiger partial charge on any atom is 0.472 e. The van der Waals surface area contributed by atoms with Gasteiger partial charge >= 0.3 is 39.5 Å². The first-order valence-corrected chi connectivity index (χ1v) is 44.1. The maximum atomic E-state index is 13.1. The van der Waals surface area contributed by atoms with Gasteiger partial charge in [-0.2, -0.15) is 0 Å². The highest BCUT2D eigenvalue weighted by atomic mass is 31.2. The van der Waals surface area contributed by atoms with Gasteiger partial charge in [-0.15, -0.1) is 0 Å². The molecule has 5 unspecified atom stereocenters. The minimum atomic E-state index is -5.00. The molecule has 106 heavy (non-hydrogen) atoms. The van der Waals surface area contributed by atoms with Gasteiger partial charge in [0.15, 0.2) is 12.2 Å². The summed E-state index contributed by atoms with van der Waals surface area (Å²) in [4.78, 5) is 73.1. The zero-order chi connectivity index (χ0) is 77.4. The quantitative estimate of drug-likeness (QED) is 0.0169. The third kappa shape index (κ3) is 77.1. The minimum absolute atomic E-state index is 0.0432. The van der Waals surface area contributed by atoms with Crippen LogP contribution in [0.2, 0.25) is 0 Å². The van der Waals surface area contributed by atoms with Crippen molar-refractivity contribution in [2.45, 2.75) is 341 Å². The van der Waals surface area contributed by atoms with Gasteiger partial charge in [0, 0.05) is 25.7 Å². The van der Waals surface area contributed by atoms with Gasteiger partial charge in [-0.1, -0.05) is 276 Å². The predicted molar refractivity (Wildman–Crippen MR) is 436 cm³/mol. The van der Waals surface area contributed by atoms with Gasteiger partial charge in [0.1, 0.15) is 19.3 Å². The molecule has 19 heteroatoms. The first-order chi connectivity index (χ1) is 51.7. The predicted octanol–water partition coefficient (Wildman–Crippen LogP) is 24.2. The summed E-state index contributed by atoms with van der Waals surface area (Å²) in [6, 6.07) is 0. The van der Waals surface area contributed by atoms with Crippen molar-refractivity contribution in [3.8, 4) is 0 Å². The second kappa shape index (κ2) is 78.1. The van der Waals surface area contributed by atoms with Gasteiger partial charge in [0.2, 0.25) is 0 Å². The van der Waals surface area contributed by atoms with Crippen molar-refractivity contribution in [1.82, 2.24) is 0 Å². The molecule has 0 saturated carbocycles. The van der Waals surface area contributed by atoms with E-state index >= 15 is 0 Å². The van der Waals surface area contributed by atoms with E-state index in [0.717, 1.165) is 180 Å². The van der Waals surface area contributed by atoms with E-state index in [9.17, 15) is 43.2 Å². The maximum absolute atomic E-state index is 13.1. The lowest BCUT2D eigenvalue weighted by atomic mass is 10.1. The number of unbranched alkanes of at least 4 members (excludes halogenated alkanes) is 26. The van der Waals surface area contributed by atoms with Crippen LogP contribution in [0.3, 0.4) is 0 Å². The van der Waals surface area contributed by atoms with E-state index in [1.807, 2.05) is 0 Å². The molecule has 0 aromatic heterocycles. The number of aliphatic hydroxyl groups is 1. The molecular formula is C87H146O17P2. The number of ether oxygens (including phenoxy) is 4. The highest BCUT2D eigenvalue weighted by molar-refractivity contribution is 7.47. The van der Waals surface area contributed by atoms with Crippen LogP contribution in [0.4, 0.5) is 0 Å². The number of rotatable bonds is 76. The Balaban J connectivity index is 5.45. The normalized spacial score (nSPS) is 14.6. The Kier molecular flexibility index (Phi) is 74.3. The molecule has 3 N–H and O–H groups in total. The van der Waals surface area contributed by atoms with Crippen molar-refractivity contribution in [3.63, 3.8) is 0 Å². The van der Waals surface area contributed by atoms with E-state index in [4.69, 9.17) is 37.0 Å². The molecule has 0 fully saturated rings. The Morgan fingerprint density at radius 2 is 0.491 bits per heavy atom. The number of hydrogen-bond donors (Lipinski definition) is 3. The van der Waals surface area contributed by atoms with E-state index in [1.54, 1.807) is 0 Å². The third-order valence-electron chi connectivity index (χ3n) is 16.8. The molecule has 0 bridgehead atoms. The van der Waals surface area contributed by atoms with Crippen LogP contribution in [0.25, 0.3) is 0 Å². The number of carbonyl (C=O) groups is 4. The molecule has 0 aliphatic rings. The summed E-state index contributed by atoms with van der Waals surface area (Å²) in [5, 5.41) is 10.7. The van der Waals surface area contributed by atoms with Crippen molar-refractivity contribution >= 4 is 39.5 Å². The zero-order valence-corrected chi connectivity index (χ0v) is 68.1. The van der Waals surface area contributed by atoms with E-state index in [2.05, 4.69) is 174 Å². The van der Waals surface area contributed by atoms with Crippen LogP contribution < -0.4 is 0 Å². The highest BCUT2D eigenvalue weighted by Gasteiger charge is 2.30. The van der Waals surface area contributed by atoms with Gasteiger partial charge in [-0.3, -0.25) is 37.3 Å². The van der Waals surface area contributed by atoms with Crippen LogP contribution >= 0.6 is 15.6 Å². The average molecular weight is 1530 g/mol. The molecule has 17 nitrogen and oxygen atoms in total. The highest BCUT2D eigenvalue weighted by Crippen LogP contribution is 2.45. The number of hydrogen-bond acceptors (Lipinski definition) is 15. The van der Waals surface area contributed by atoms with E-state index in [0.29, 0.717) is 25.7 Å². The second-order valence-corrected chi connectivity index (χ2v) is 29.8. The fourth-order valence-electron chi connectivity index (χ4n) is 10.6. The largest absolute Gasteiger partial charge is 0.472 e. The second-order valence-electron chi connectivity index (χ2n) is 26.9. The molecule has 0 heterocycles. The number of allylic oxidation sites excluding steroid dienone is 24. The number of phosphoric ester groups is 2. The lowest BCUT2D eigenvalue weighted by molar-refractivity contribution is -0.161. The van der Waals surface area contributed by atoms with Crippen LogP contribution in [-0.2, 0) is 65.4 Å². The van der Waals surface area contributed by atoms with Gasteiger partial charge in [-0.25, -0.2) is 9.13 Å². The number of phosphoric acid groups is 2. The molecule has 606 valence electrons. The summed E-state index contributed by atoms with van der Waals surface area (Å²) in [5.41, 5.74) is 0. The number of esters is 4. The fraction of sp³-hybridized carbons (Fsp3) is 0.678. The molecule has 0 aliphatic heterocycles. The van der Waals surface area contributed by atoms with Crippen LogP contribution in [0.15, 0.2) is 146 Å². The minimum Gasteiger partial charge on any atom is -0.462 e. The Morgan fingerprint density at radius 3 is 0.783 bits per heavy atom. The Hall–Kier alpha value is -5.06. The van der Waals surface area contributed by atoms with E-state index in [-0.39, 0.29) is 25.7 Å². The van der Waals surface area contributed by atoms with Crippen molar-refractivity contribution in [3.05, 3.63) is 146 Å². The Labute approximate surface area is 643 Å². The summed E-state index contributed by atoms with van der Waals surface area (Å²) in [5.74, 6) is -2.27. The van der Waals surface area contributed by atoms with Gasteiger partial charge in [-0.05, 0) is 167 Å². The first-order valence-electron chi connectivity index (χ1n) is 41.1. The summed E-state index contributed by atoms with van der Waals surface area (Å²) in [6.45, 7) is 4.55. The molecule has 0 radical (unpaired) electrons. The first kappa shape index (κ1) is 101. The van der Waals surface area contributed by atoms with Crippen LogP contribution in [-0.4, -0.2) is 96.7 Å². The molecule has 0 rings (SSSR count). The molecular weight excluding hydrogens is 1380 g/mol. The zero-order valence-electron chi connectivity index (χ0n) is 66.3. The van der Waals surface area contributed by atoms with Crippen LogP contribution in [0.5, 0.6) is 0 Å². The molecule has 0 aromatic rings. The van der Waals surface area contributed by atoms with Crippen molar-refractivity contribution in [2.75, 3.05) is 39.6 Å². The average Bonchev–Trinajstić information content (AvgIpc) is 0.903. The molecule has 5 atom stereocenters. The monoisotopic (exact) mass is 1530 g/mol. The van der Waals surface area contributed by atoms with E-state index in [1.165, 1.54) is 64.2 Å². The molecule has 0 aliphatic carbocycles. The Bertz CT molecular complexity index is 2580. The standard InChI is InChI=1S/C87H146O17P2/c1-5-9-13-17-21-25-29-33-36-38-40-42-45-49-52-56-60-64-68-72-85(90)98-78-83(104-87(92)74-70-66-62-58-54-50-46-43-41-39-37-34-30-26-22-18-14-10-6-2)80-102-106(95,96)100-76-81(88)75-99-105(93,94)101-79-82(103-86(91)73-69-65-61-57-53-47-32-28-24-20-16-12-8-4)77-97-84(89)71-67-63-59-55-51-48-44-35-31-27-23-19-15-11-7-3/h9-10,13-14,21-22,25-26,28,32-37,40-44,49-50,52,54,81-83,88H,5-8,11-12,15-20,23-24,27,29-31,38-39,45-48,51,53,55-80H2,1-4H3,(H,93,94)(H,95,96)/b13-9-,14-10-,25-21-,26-22-,32-28-,36-33-,37-34-,42-40-,43-41-,44-35-,52-49-,54-50-. The van der Waals surface area contributed by atoms with Gasteiger partial charge in [0.05, 0.1) is 26.4 Å². The number of carbonyl (C=O) groups excluding carboxylic acids is 4. The smallest absolute Gasteiger partial charge is 0.462 e. The summed E-state index contributed by atoms with van der Waals surface area (Å²) < 4.78 is 68.6. The van der Waals surface area contributed by atoms with E-state index < -0.39 is 97.5 Å². The summed E-state index contributed by atoms with van der Waals surface area (Å²) in [6.07, 6.45) is 89.6. The van der Waals surface area contributed by atoms with Gasteiger partial charge < -0.3 is 33.8 Å². The third-order valence-corrected chi connectivity index (χ3v) is 18.7. The fourth-order valence-corrected chi connectivity index (χ4v) is 12.1. The topological polar surface area (TPSA) is 237 Å². The van der Waals surface area contributed by atoms with Crippen molar-refractivity contribution in [1.29, 1.82) is 0 Å². The Morgan fingerprint density at radius 1 is 0.274 bits per heavy atom. The molecule has 0 aromatic carbocycles. The summed E-state index contributed by atoms with van der Waals surface area (Å²) in [7, 11) is -9.99. The lowest BCUT2D eigenvalue weighted by Crippen LogP contribution is -2.30. The van der Waals surface area contributed by atoms with Crippen LogP contribution in [0, 0.1) is 0 Å². The SMILES string of the molecule is CC/C=C\C/C=C\C/C=C\C/C=C\C/C=C\CCCCCC(=O)OCC(COP(=O)(O)OCC(O)COP(=O)(O)OCC(COC(=O)CCCCCCC/C=C\CCCCCCCC)OC(=O)CCCCCCC/C=C\CCCCCC)OC(=O)CCCCC/C=C\C/C=C\C/C=C\C/C=C\C/C=C\CC. The van der Waals surface area contributed by atoms with Gasteiger partial charge in [0.25, 0.3) is 0 Å². The molecule has 0 saturated heterocycles. The van der Waals surface area contributed by atoms with Crippen LogP contribution in [0.1, 0.15) is 323 Å². The van der Waals surface area contributed by atoms with Crippen molar-refractivity contribution < 1.29 is 80.2 Å². The molecule has 0 amide bonds. The summed E-state index contributed by atoms with van der Waals surface area (Å²) >= 11 is 0. The molecule has 0 spiro atoms. The van der Waals surface area contributed by atoms with Crippen molar-refractivity contribution in [2.24, 2.45) is 0 Å². The lowest BCUT2D eigenvalue weighted by Gasteiger charge is -2.21.